The molecule has 1 heterocycles. The Morgan fingerprint density at radius 3 is 2.50 bits per heavy atom. The zero-order valence-electron chi connectivity index (χ0n) is 9.10. The minimum Gasteiger partial charge on any atom is -0.378 e. The van der Waals surface area contributed by atoms with Gasteiger partial charge in [0.15, 0.2) is 0 Å². The Hall–Kier alpha value is 0.650. The third kappa shape index (κ3) is 3.84. The average Bonchev–Trinajstić information content (AvgIpc) is 2.15. The highest BCUT2D eigenvalue weighted by Crippen LogP contribution is 2.51. The lowest BCUT2D eigenvalue weighted by atomic mass is 10.3. The Morgan fingerprint density at radius 1 is 1.50 bits per heavy atom. The zero-order valence-corrected chi connectivity index (χ0v) is 11.5. The lowest BCUT2D eigenvalue weighted by molar-refractivity contribution is 0.0515. The van der Waals surface area contributed by atoms with Crippen molar-refractivity contribution in [3.8, 4) is 0 Å². The maximum absolute atomic E-state index is 12.4. The van der Waals surface area contributed by atoms with Crippen molar-refractivity contribution >= 4 is 30.9 Å². The average molecular weight is 291 g/mol. The molecule has 1 rings (SSSR count). The molecule has 0 aromatic heterocycles. The van der Waals surface area contributed by atoms with E-state index in [1.807, 2.05) is 0 Å². The molecule has 0 bridgehead atoms. The number of rotatable bonds is 5. The highest BCUT2D eigenvalue weighted by Gasteiger charge is 2.39. The van der Waals surface area contributed by atoms with Crippen LogP contribution in [-0.2, 0) is 9.09 Å². The van der Waals surface area contributed by atoms with E-state index in [0.717, 1.165) is 0 Å². The van der Waals surface area contributed by atoms with Crippen molar-refractivity contribution in [2.24, 2.45) is 0 Å². The number of halogens is 2. The fourth-order valence-corrected chi connectivity index (χ4v) is 4.38. The van der Waals surface area contributed by atoms with Gasteiger partial charge in [0.1, 0.15) is 6.23 Å². The van der Waals surface area contributed by atoms with Crippen molar-refractivity contribution in [2.45, 2.75) is 25.7 Å². The van der Waals surface area contributed by atoms with Crippen LogP contribution in [0.25, 0.3) is 0 Å². The van der Waals surface area contributed by atoms with Crippen LogP contribution in [0.5, 0.6) is 0 Å². The zero-order chi connectivity index (χ0) is 12.2. The standard InChI is InChI=1S/C8H17Cl2N2O3P/c1-7-6-8(13)11-16(14,15-7)12(4-2-9)5-3-10/h7-8,13H,2-6H2,1H3,(H,11,14). The highest BCUT2D eigenvalue weighted by atomic mass is 35.5. The number of alkyl halides is 2. The van der Waals surface area contributed by atoms with E-state index in [2.05, 4.69) is 5.09 Å². The molecule has 8 heteroatoms. The molecule has 0 saturated carbocycles. The maximum atomic E-state index is 12.4. The van der Waals surface area contributed by atoms with Crippen molar-refractivity contribution < 1.29 is 14.2 Å². The van der Waals surface area contributed by atoms with Crippen LogP contribution >= 0.6 is 30.9 Å². The molecule has 3 atom stereocenters. The molecular weight excluding hydrogens is 274 g/mol. The second-order valence-electron chi connectivity index (χ2n) is 3.65. The Kier molecular flexibility index (Phi) is 6.02. The normalized spacial score (nSPS) is 35.6. The van der Waals surface area contributed by atoms with E-state index in [-0.39, 0.29) is 6.10 Å². The van der Waals surface area contributed by atoms with Gasteiger partial charge in [-0.15, -0.1) is 23.2 Å². The first kappa shape index (κ1) is 14.7. The third-order valence-corrected chi connectivity index (χ3v) is 5.00. The summed E-state index contributed by atoms with van der Waals surface area (Å²) in [4.78, 5) is 0. The van der Waals surface area contributed by atoms with Crippen molar-refractivity contribution in [2.75, 3.05) is 24.8 Å². The number of aliphatic hydroxyl groups excluding tert-OH is 1. The van der Waals surface area contributed by atoms with Crippen LogP contribution in [0.3, 0.4) is 0 Å². The number of nitrogens with one attached hydrogen (secondary N) is 1. The molecule has 5 nitrogen and oxygen atoms in total. The fourth-order valence-electron chi connectivity index (χ4n) is 1.59. The summed E-state index contributed by atoms with van der Waals surface area (Å²) in [6, 6.07) is 0. The summed E-state index contributed by atoms with van der Waals surface area (Å²) >= 11 is 11.3. The van der Waals surface area contributed by atoms with Gasteiger partial charge in [-0.2, -0.15) is 0 Å². The summed E-state index contributed by atoms with van der Waals surface area (Å²) in [5.74, 6) is 0.660. The van der Waals surface area contributed by atoms with E-state index < -0.39 is 13.9 Å². The van der Waals surface area contributed by atoms with E-state index in [1.54, 1.807) is 11.6 Å². The van der Waals surface area contributed by atoms with Gasteiger partial charge in [-0.1, -0.05) is 0 Å². The van der Waals surface area contributed by atoms with E-state index >= 15 is 0 Å². The van der Waals surface area contributed by atoms with E-state index in [1.165, 1.54) is 0 Å². The predicted octanol–water partition coefficient (Wildman–Crippen LogP) is 1.59. The topological polar surface area (TPSA) is 61.8 Å². The van der Waals surface area contributed by atoms with E-state index in [4.69, 9.17) is 27.7 Å². The lowest BCUT2D eigenvalue weighted by Gasteiger charge is -2.38. The summed E-state index contributed by atoms with van der Waals surface area (Å²) in [5.41, 5.74) is 0. The van der Waals surface area contributed by atoms with Gasteiger partial charge in [0.05, 0.1) is 6.10 Å². The Morgan fingerprint density at radius 2 is 2.06 bits per heavy atom. The molecule has 1 saturated heterocycles. The first-order chi connectivity index (χ1) is 7.51. The van der Waals surface area contributed by atoms with Crippen LogP contribution < -0.4 is 5.09 Å². The van der Waals surface area contributed by atoms with Crippen molar-refractivity contribution in [1.82, 2.24) is 9.76 Å². The van der Waals surface area contributed by atoms with Crippen LogP contribution in [-0.4, -0.2) is 47.0 Å². The summed E-state index contributed by atoms with van der Waals surface area (Å²) in [7, 11) is -3.20. The SMILES string of the molecule is CC1CC(O)NP(=O)(N(CCCl)CCCl)O1. The summed E-state index contributed by atoms with van der Waals surface area (Å²) < 4.78 is 19.4. The quantitative estimate of drug-likeness (QED) is 0.595. The number of hydrogen-bond donors (Lipinski definition) is 2. The number of nitrogens with zero attached hydrogens (tertiary/aromatic N) is 1. The highest BCUT2D eigenvalue weighted by molar-refractivity contribution is 7.54. The second-order valence-corrected chi connectivity index (χ2v) is 6.48. The van der Waals surface area contributed by atoms with Gasteiger partial charge in [-0.3, -0.25) is 4.57 Å². The molecule has 0 aromatic carbocycles. The molecule has 16 heavy (non-hydrogen) atoms. The van der Waals surface area contributed by atoms with Crippen LogP contribution in [0.2, 0.25) is 0 Å². The van der Waals surface area contributed by atoms with Gasteiger partial charge in [0, 0.05) is 31.3 Å². The first-order valence-electron chi connectivity index (χ1n) is 5.13. The second kappa shape index (κ2) is 6.55. The summed E-state index contributed by atoms with van der Waals surface area (Å²) in [5, 5.41) is 12.1. The van der Waals surface area contributed by atoms with Gasteiger partial charge < -0.3 is 9.63 Å². The molecule has 2 N–H and O–H groups in total. The third-order valence-electron chi connectivity index (χ3n) is 2.25. The predicted molar refractivity (Wildman–Crippen MR) is 64.9 cm³/mol. The molecule has 1 aliphatic rings. The molecular formula is C8H17Cl2N2O3P. The van der Waals surface area contributed by atoms with Crippen LogP contribution in [0, 0.1) is 0 Å². The summed E-state index contributed by atoms with van der Waals surface area (Å²) in [6.45, 7) is 2.58. The summed E-state index contributed by atoms with van der Waals surface area (Å²) in [6.07, 6.45) is -0.655. The van der Waals surface area contributed by atoms with E-state index in [0.29, 0.717) is 31.3 Å². The molecule has 0 spiro atoms. The van der Waals surface area contributed by atoms with Crippen molar-refractivity contribution in [3.63, 3.8) is 0 Å². The molecule has 0 amide bonds. The van der Waals surface area contributed by atoms with Crippen molar-refractivity contribution in [3.05, 3.63) is 0 Å². The Balaban J connectivity index is 2.74. The largest absolute Gasteiger partial charge is 0.378 e. The minimum absolute atomic E-state index is 0.254. The van der Waals surface area contributed by atoms with Gasteiger partial charge in [0.2, 0.25) is 0 Å². The van der Waals surface area contributed by atoms with Crippen LogP contribution in [0.1, 0.15) is 13.3 Å². The van der Waals surface area contributed by atoms with Gasteiger partial charge in [-0.25, -0.2) is 9.76 Å². The van der Waals surface area contributed by atoms with Crippen LogP contribution in [0.15, 0.2) is 0 Å². The maximum Gasteiger partial charge on any atom is 0.345 e. The fraction of sp³-hybridized carbons (Fsp3) is 1.00. The number of aliphatic hydroxyl groups is 1. The molecule has 0 aliphatic carbocycles. The molecule has 0 aromatic rings. The molecule has 96 valence electrons. The lowest BCUT2D eigenvalue weighted by Crippen LogP contribution is -2.43. The van der Waals surface area contributed by atoms with Crippen LogP contribution in [0.4, 0.5) is 0 Å². The first-order valence-corrected chi connectivity index (χ1v) is 7.78. The molecule has 0 radical (unpaired) electrons. The Bertz CT molecular complexity index is 250. The smallest absolute Gasteiger partial charge is 0.345 e. The Labute approximate surface area is 106 Å². The molecule has 3 unspecified atom stereocenters. The number of hydrogen-bond acceptors (Lipinski definition) is 3. The monoisotopic (exact) mass is 290 g/mol. The van der Waals surface area contributed by atoms with Gasteiger partial charge in [0.25, 0.3) is 0 Å². The van der Waals surface area contributed by atoms with Crippen molar-refractivity contribution in [1.29, 1.82) is 0 Å². The molecule has 1 fully saturated rings. The molecule has 1 aliphatic heterocycles. The minimum atomic E-state index is -3.20. The van der Waals surface area contributed by atoms with Gasteiger partial charge >= 0.3 is 7.67 Å². The van der Waals surface area contributed by atoms with E-state index in [9.17, 15) is 9.67 Å². The van der Waals surface area contributed by atoms with Gasteiger partial charge in [-0.05, 0) is 6.92 Å².